The predicted molar refractivity (Wildman–Crippen MR) is 69.2 cm³/mol. The third kappa shape index (κ3) is 3.02. The van der Waals surface area contributed by atoms with Crippen LogP contribution in [0.15, 0.2) is 4.21 Å². The molecule has 1 unspecified atom stereocenters. The number of halogens is 1. The van der Waals surface area contributed by atoms with Gasteiger partial charge in [0, 0.05) is 6.04 Å². The van der Waals surface area contributed by atoms with Crippen molar-refractivity contribution in [3.8, 4) is 0 Å². The van der Waals surface area contributed by atoms with E-state index in [1.165, 1.54) is 0 Å². The molecule has 1 aliphatic heterocycles. The van der Waals surface area contributed by atoms with Crippen LogP contribution in [0, 0.1) is 6.92 Å². The van der Waals surface area contributed by atoms with Crippen LogP contribution in [-0.2, 0) is 19.9 Å². The van der Waals surface area contributed by atoms with Gasteiger partial charge in [0.05, 0.1) is 17.2 Å². The fraction of sp³-hybridized carbons (Fsp3) is 0.625. The van der Waals surface area contributed by atoms with E-state index in [2.05, 4.69) is 9.71 Å². The minimum absolute atomic E-state index is 0.0165. The molecule has 0 aromatic carbocycles. The molecule has 0 radical (unpaired) electrons. The molecule has 1 atom stereocenters. The van der Waals surface area contributed by atoms with Crippen LogP contribution in [0.4, 0.5) is 0 Å². The molecule has 1 aromatic heterocycles. The van der Waals surface area contributed by atoms with E-state index < -0.39 is 25.9 Å². The average molecular weight is 331 g/mol. The van der Waals surface area contributed by atoms with E-state index in [1.807, 2.05) is 0 Å². The van der Waals surface area contributed by atoms with E-state index in [1.54, 1.807) is 6.92 Å². The molecule has 6 nitrogen and oxygen atoms in total. The number of nitrogens with one attached hydrogen (secondary N) is 1. The van der Waals surface area contributed by atoms with Gasteiger partial charge in [0.2, 0.25) is 0 Å². The summed E-state index contributed by atoms with van der Waals surface area (Å²) in [7, 11) is -6.87. The zero-order valence-corrected chi connectivity index (χ0v) is 12.6. The number of nitrogens with zero attached hydrogens (tertiary/aromatic N) is 1. The Morgan fingerprint density at radius 3 is 2.61 bits per heavy atom. The molecule has 18 heavy (non-hydrogen) atoms. The van der Waals surface area contributed by atoms with Crippen LogP contribution in [0.5, 0.6) is 0 Å². The van der Waals surface area contributed by atoms with Crippen molar-refractivity contribution in [2.75, 3.05) is 11.5 Å². The van der Waals surface area contributed by atoms with Gasteiger partial charge in [0.25, 0.3) is 10.0 Å². The molecule has 1 saturated heterocycles. The Labute approximate surface area is 114 Å². The smallest absolute Gasteiger partial charge is 0.229 e. The van der Waals surface area contributed by atoms with Crippen LogP contribution >= 0.6 is 22.9 Å². The zero-order chi connectivity index (χ0) is 13.6. The summed E-state index contributed by atoms with van der Waals surface area (Å²) in [6.07, 6.45) is 0.299. The lowest BCUT2D eigenvalue weighted by molar-refractivity contribution is 0.563. The standard InChI is InChI=1S/C8H11ClN2O4S3/c1-5-7(16-8(9)10-5)18(14,15)11-6-2-3-17(12,13)4-6/h6,11H,2-4H2,1H3. The summed E-state index contributed by atoms with van der Waals surface area (Å²) in [5.41, 5.74) is 0.318. The molecule has 1 aliphatic rings. The van der Waals surface area contributed by atoms with E-state index in [0.717, 1.165) is 11.3 Å². The minimum Gasteiger partial charge on any atom is -0.229 e. The summed E-state index contributed by atoms with van der Waals surface area (Å²) in [5, 5.41) is 0. The Hall–Kier alpha value is -0.220. The van der Waals surface area contributed by atoms with Gasteiger partial charge in [-0.2, -0.15) is 0 Å². The average Bonchev–Trinajstić information content (AvgIpc) is 2.69. The van der Waals surface area contributed by atoms with Gasteiger partial charge in [0.15, 0.2) is 18.5 Å². The third-order valence-corrected chi connectivity index (χ3v) is 7.69. The molecule has 0 amide bonds. The number of hydrogen-bond acceptors (Lipinski definition) is 6. The van der Waals surface area contributed by atoms with Gasteiger partial charge < -0.3 is 0 Å². The van der Waals surface area contributed by atoms with Gasteiger partial charge in [-0.05, 0) is 13.3 Å². The normalized spacial score (nSPS) is 23.3. The molecule has 102 valence electrons. The first-order valence-electron chi connectivity index (χ1n) is 5.05. The summed E-state index contributed by atoms with van der Waals surface area (Å²) in [6, 6.07) is -0.569. The van der Waals surface area contributed by atoms with Crippen LogP contribution < -0.4 is 4.72 Å². The van der Waals surface area contributed by atoms with Crippen LogP contribution in [0.25, 0.3) is 0 Å². The Morgan fingerprint density at radius 1 is 1.50 bits per heavy atom. The maximum atomic E-state index is 12.0. The van der Waals surface area contributed by atoms with Crippen molar-refractivity contribution in [2.45, 2.75) is 23.6 Å². The minimum atomic E-state index is -3.75. The fourth-order valence-electron chi connectivity index (χ4n) is 1.76. The number of sulfone groups is 1. The highest BCUT2D eigenvalue weighted by Crippen LogP contribution is 2.27. The monoisotopic (exact) mass is 330 g/mol. The van der Waals surface area contributed by atoms with Crippen LogP contribution in [-0.4, -0.2) is 39.4 Å². The van der Waals surface area contributed by atoms with Gasteiger partial charge in [-0.25, -0.2) is 26.5 Å². The first-order chi connectivity index (χ1) is 8.20. The summed E-state index contributed by atoms with van der Waals surface area (Å²) in [5.74, 6) is -0.138. The van der Waals surface area contributed by atoms with Crippen LogP contribution in [0.2, 0.25) is 4.47 Å². The molecule has 0 bridgehead atoms. The summed E-state index contributed by atoms with van der Waals surface area (Å²) in [4.78, 5) is 3.83. The second-order valence-corrected chi connectivity index (χ2v) is 9.78. The van der Waals surface area contributed by atoms with E-state index in [4.69, 9.17) is 11.6 Å². The number of aryl methyl sites for hydroxylation is 1. The van der Waals surface area contributed by atoms with Crippen molar-refractivity contribution in [1.82, 2.24) is 9.71 Å². The van der Waals surface area contributed by atoms with Crippen molar-refractivity contribution in [3.05, 3.63) is 10.2 Å². The summed E-state index contributed by atoms with van der Waals surface area (Å²) in [6.45, 7) is 1.54. The maximum Gasteiger partial charge on any atom is 0.252 e. The highest BCUT2D eigenvalue weighted by atomic mass is 35.5. The van der Waals surface area contributed by atoms with E-state index in [9.17, 15) is 16.8 Å². The van der Waals surface area contributed by atoms with Crippen molar-refractivity contribution >= 4 is 42.8 Å². The van der Waals surface area contributed by atoms with Gasteiger partial charge in [-0.3, -0.25) is 0 Å². The Kier molecular flexibility index (Phi) is 3.72. The topological polar surface area (TPSA) is 93.2 Å². The predicted octanol–water partition coefficient (Wildman–Crippen LogP) is 0.570. The first kappa shape index (κ1) is 14.2. The van der Waals surface area contributed by atoms with Crippen molar-refractivity contribution in [1.29, 1.82) is 0 Å². The van der Waals surface area contributed by atoms with E-state index in [-0.39, 0.29) is 20.2 Å². The Morgan fingerprint density at radius 2 is 2.17 bits per heavy atom. The van der Waals surface area contributed by atoms with Crippen LogP contribution in [0.3, 0.4) is 0 Å². The molecule has 0 saturated carbocycles. The lowest BCUT2D eigenvalue weighted by atomic mass is 10.3. The molecule has 0 spiro atoms. The third-order valence-electron chi connectivity index (χ3n) is 2.53. The quantitative estimate of drug-likeness (QED) is 0.874. The number of thiazole rings is 1. The molecular formula is C8H11ClN2O4S3. The van der Waals surface area contributed by atoms with Gasteiger partial charge >= 0.3 is 0 Å². The SMILES string of the molecule is Cc1nc(Cl)sc1S(=O)(=O)NC1CCS(=O)(=O)C1. The highest BCUT2D eigenvalue weighted by molar-refractivity contribution is 7.92. The van der Waals surface area contributed by atoms with Crippen LogP contribution in [0.1, 0.15) is 12.1 Å². The molecule has 2 rings (SSSR count). The van der Waals surface area contributed by atoms with Gasteiger partial charge in [-0.1, -0.05) is 22.9 Å². The molecule has 1 fully saturated rings. The largest absolute Gasteiger partial charge is 0.252 e. The fourth-order valence-corrected chi connectivity index (χ4v) is 6.57. The molecule has 1 N–H and O–H groups in total. The number of rotatable bonds is 3. The number of aromatic nitrogens is 1. The Balaban J connectivity index is 2.21. The molecule has 10 heteroatoms. The van der Waals surface area contributed by atoms with E-state index in [0.29, 0.717) is 12.1 Å². The maximum absolute atomic E-state index is 12.0. The van der Waals surface area contributed by atoms with Crippen molar-refractivity contribution in [2.24, 2.45) is 0 Å². The van der Waals surface area contributed by atoms with Gasteiger partial charge in [0.1, 0.15) is 0 Å². The lowest BCUT2D eigenvalue weighted by Gasteiger charge is -2.10. The molecule has 2 heterocycles. The molecule has 1 aromatic rings. The van der Waals surface area contributed by atoms with Gasteiger partial charge in [-0.15, -0.1) is 0 Å². The number of sulfonamides is 1. The Bertz CT molecular complexity index is 665. The van der Waals surface area contributed by atoms with Crippen molar-refractivity contribution in [3.63, 3.8) is 0 Å². The zero-order valence-electron chi connectivity index (χ0n) is 9.38. The second-order valence-electron chi connectivity index (χ2n) is 4.06. The first-order valence-corrected chi connectivity index (χ1v) is 9.55. The van der Waals surface area contributed by atoms with E-state index >= 15 is 0 Å². The summed E-state index contributed by atoms with van der Waals surface area (Å²) < 4.78 is 49.2. The second kappa shape index (κ2) is 4.71. The van der Waals surface area contributed by atoms with Crippen molar-refractivity contribution < 1.29 is 16.8 Å². The number of hydrogen-bond donors (Lipinski definition) is 1. The molecule has 0 aliphatic carbocycles. The molecular weight excluding hydrogens is 320 g/mol. The highest BCUT2D eigenvalue weighted by Gasteiger charge is 2.32. The summed E-state index contributed by atoms with van der Waals surface area (Å²) >= 11 is 6.51. The lowest BCUT2D eigenvalue weighted by Crippen LogP contribution is -2.35.